The van der Waals surface area contributed by atoms with Crippen molar-refractivity contribution in [3.05, 3.63) is 47.5 Å². The highest BCUT2D eigenvalue weighted by Gasteiger charge is 2.21. The van der Waals surface area contributed by atoms with E-state index in [1.165, 1.54) is 6.26 Å². The molecule has 0 aromatic carbocycles. The number of hydrogen-bond donors (Lipinski definition) is 3. The molecule has 0 spiro atoms. The molecule has 3 rings (SSSR count). The van der Waals surface area contributed by atoms with Crippen LogP contribution >= 0.6 is 24.0 Å². The average molecular weight is 540 g/mol. The second-order valence-corrected chi connectivity index (χ2v) is 7.58. The molecule has 1 fully saturated rings. The number of aromatic nitrogens is 1. The molecule has 0 unspecified atom stereocenters. The number of aryl methyl sites for hydroxylation is 2. The number of rotatable bonds is 7. The highest BCUT2D eigenvalue weighted by Crippen LogP contribution is 2.18. The topological polar surface area (TPSA) is 94.8 Å². The predicted molar refractivity (Wildman–Crippen MR) is 135 cm³/mol. The molecule has 3 heterocycles. The number of guanidine groups is 1. The SMILES string of the molecule is CN=C(NCCCNC(=O)c1occc1C)NC1CCN(c2cccc(C)n2)CC1.I. The van der Waals surface area contributed by atoms with Gasteiger partial charge in [0.15, 0.2) is 11.7 Å². The van der Waals surface area contributed by atoms with Crippen LogP contribution in [0.4, 0.5) is 5.82 Å². The van der Waals surface area contributed by atoms with Crippen LogP contribution in [0.25, 0.3) is 0 Å². The lowest BCUT2D eigenvalue weighted by Crippen LogP contribution is -2.49. The van der Waals surface area contributed by atoms with Gasteiger partial charge in [-0.3, -0.25) is 9.79 Å². The van der Waals surface area contributed by atoms with Crippen LogP contribution in [-0.2, 0) is 0 Å². The van der Waals surface area contributed by atoms with Crippen LogP contribution < -0.4 is 20.9 Å². The van der Waals surface area contributed by atoms with Crippen molar-refractivity contribution in [1.29, 1.82) is 0 Å². The van der Waals surface area contributed by atoms with Gasteiger partial charge in [-0.2, -0.15) is 0 Å². The van der Waals surface area contributed by atoms with Gasteiger partial charge < -0.3 is 25.3 Å². The minimum absolute atomic E-state index is 0. The first-order valence-corrected chi connectivity index (χ1v) is 10.5. The van der Waals surface area contributed by atoms with Crippen LogP contribution in [0.1, 0.15) is 41.1 Å². The number of pyridine rings is 1. The fourth-order valence-electron chi connectivity index (χ4n) is 3.53. The van der Waals surface area contributed by atoms with E-state index in [9.17, 15) is 4.79 Å². The zero-order valence-electron chi connectivity index (χ0n) is 18.5. The van der Waals surface area contributed by atoms with E-state index in [2.05, 4.69) is 43.0 Å². The van der Waals surface area contributed by atoms with E-state index in [0.29, 0.717) is 18.3 Å². The van der Waals surface area contributed by atoms with Gasteiger partial charge in [0.1, 0.15) is 5.82 Å². The molecule has 2 aromatic rings. The summed E-state index contributed by atoms with van der Waals surface area (Å²) in [7, 11) is 1.78. The third-order valence-electron chi connectivity index (χ3n) is 5.26. The lowest BCUT2D eigenvalue weighted by molar-refractivity contribution is 0.0925. The van der Waals surface area contributed by atoms with Crippen LogP contribution in [0.3, 0.4) is 0 Å². The van der Waals surface area contributed by atoms with E-state index in [-0.39, 0.29) is 29.9 Å². The summed E-state index contributed by atoms with van der Waals surface area (Å²) in [6, 6.07) is 8.34. The van der Waals surface area contributed by atoms with Gasteiger partial charge in [0.25, 0.3) is 5.91 Å². The second kappa shape index (κ2) is 12.5. The predicted octanol–water partition coefficient (Wildman–Crippen LogP) is 2.86. The Morgan fingerprint density at radius 2 is 1.94 bits per heavy atom. The lowest BCUT2D eigenvalue weighted by Gasteiger charge is -2.34. The van der Waals surface area contributed by atoms with Crippen molar-refractivity contribution >= 4 is 41.7 Å². The first kappa shape index (κ1) is 25.0. The maximum atomic E-state index is 12.0. The van der Waals surface area contributed by atoms with Gasteiger partial charge in [-0.1, -0.05) is 6.07 Å². The lowest BCUT2D eigenvalue weighted by atomic mass is 10.1. The molecule has 3 N–H and O–H groups in total. The Morgan fingerprint density at radius 3 is 2.58 bits per heavy atom. The largest absolute Gasteiger partial charge is 0.459 e. The van der Waals surface area contributed by atoms with Gasteiger partial charge >= 0.3 is 0 Å². The van der Waals surface area contributed by atoms with E-state index in [0.717, 1.165) is 61.9 Å². The number of anilines is 1. The molecule has 1 amide bonds. The molecule has 1 saturated heterocycles. The molecule has 1 aliphatic rings. The number of amides is 1. The summed E-state index contributed by atoms with van der Waals surface area (Å²) in [5, 5.41) is 9.71. The zero-order valence-corrected chi connectivity index (χ0v) is 20.8. The molecule has 2 aromatic heterocycles. The molecule has 1 aliphatic heterocycles. The molecular weight excluding hydrogens is 507 g/mol. The Labute approximate surface area is 201 Å². The van der Waals surface area contributed by atoms with Gasteiger partial charge in [-0.15, -0.1) is 24.0 Å². The molecular formula is C22H33IN6O2. The standard InChI is InChI=1S/C22H32N6O2.HI/c1-16-10-15-30-20(16)21(29)24-11-5-12-25-22(23-3)27-18-8-13-28(14-9-18)19-7-4-6-17(2)26-19;/h4,6-7,10,15,18H,5,8-9,11-14H2,1-3H3,(H,24,29)(H2,23,25,27);1H. The number of nitrogens with one attached hydrogen (secondary N) is 3. The van der Waals surface area contributed by atoms with Crippen molar-refractivity contribution in [2.24, 2.45) is 4.99 Å². The summed E-state index contributed by atoms with van der Waals surface area (Å²) in [4.78, 5) is 23.3. The van der Waals surface area contributed by atoms with Crippen molar-refractivity contribution in [3.8, 4) is 0 Å². The summed E-state index contributed by atoms with van der Waals surface area (Å²) in [5.41, 5.74) is 1.90. The van der Waals surface area contributed by atoms with Gasteiger partial charge in [-0.25, -0.2) is 4.98 Å². The van der Waals surface area contributed by atoms with Crippen molar-refractivity contribution in [1.82, 2.24) is 20.9 Å². The Bertz CT molecular complexity index is 861. The first-order valence-electron chi connectivity index (χ1n) is 10.5. The maximum absolute atomic E-state index is 12.0. The van der Waals surface area contributed by atoms with E-state index < -0.39 is 0 Å². The molecule has 8 nitrogen and oxygen atoms in total. The van der Waals surface area contributed by atoms with Crippen LogP contribution in [0, 0.1) is 13.8 Å². The van der Waals surface area contributed by atoms with E-state index in [4.69, 9.17) is 4.42 Å². The van der Waals surface area contributed by atoms with Crippen LogP contribution in [0.2, 0.25) is 0 Å². The van der Waals surface area contributed by atoms with Gasteiger partial charge in [0, 0.05) is 50.5 Å². The number of nitrogens with zero attached hydrogens (tertiary/aromatic N) is 3. The molecule has 9 heteroatoms. The van der Waals surface area contributed by atoms with Crippen molar-refractivity contribution in [3.63, 3.8) is 0 Å². The summed E-state index contributed by atoms with van der Waals surface area (Å²) in [5.74, 6) is 2.07. The van der Waals surface area contributed by atoms with Gasteiger partial charge in [0.05, 0.1) is 6.26 Å². The number of carbonyl (C=O) groups excluding carboxylic acids is 1. The molecule has 0 bridgehead atoms. The Morgan fingerprint density at radius 1 is 1.19 bits per heavy atom. The number of hydrogen-bond acceptors (Lipinski definition) is 5. The Hall–Kier alpha value is -2.30. The smallest absolute Gasteiger partial charge is 0.287 e. The van der Waals surface area contributed by atoms with E-state index >= 15 is 0 Å². The number of furan rings is 1. The molecule has 31 heavy (non-hydrogen) atoms. The number of aliphatic imine (C=N–C) groups is 1. The van der Waals surface area contributed by atoms with Gasteiger partial charge in [-0.05, 0) is 51.3 Å². The molecule has 0 saturated carbocycles. The highest BCUT2D eigenvalue weighted by atomic mass is 127. The summed E-state index contributed by atoms with van der Waals surface area (Å²) in [6.07, 6.45) is 4.40. The minimum atomic E-state index is -0.171. The Balaban J connectivity index is 0.00000341. The minimum Gasteiger partial charge on any atom is -0.459 e. The van der Waals surface area contributed by atoms with Crippen LogP contribution in [0.5, 0.6) is 0 Å². The quantitative estimate of drug-likeness (QED) is 0.217. The fourth-order valence-corrected chi connectivity index (χ4v) is 3.53. The van der Waals surface area contributed by atoms with Crippen LogP contribution in [0.15, 0.2) is 39.9 Å². The third kappa shape index (κ3) is 7.41. The first-order chi connectivity index (χ1) is 14.6. The van der Waals surface area contributed by atoms with Crippen molar-refractivity contribution in [2.45, 2.75) is 39.2 Å². The van der Waals surface area contributed by atoms with Crippen LogP contribution in [-0.4, -0.2) is 56.1 Å². The summed E-state index contributed by atoms with van der Waals surface area (Å²) < 4.78 is 5.20. The normalized spacial score (nSPS) is 14.7. The fraction of sp³-hybridized carbons (Fsp3) is 0.500. The maximum Gasteiger partial charge on any atom is 0.287 e. The van der Waals surface area contributed by atoms with E-state index in [1.54, 1.807) is 13.1 Å². The van der Waals surface area contributed by atoms with E-state index in [1.807, 2.05) is 19.9 Å². The number of carbonyl (C=O) groups is 1. The van der Waals surface area contributed by atoms with Gasteiger partial charge in [0.2, 0.25) is 0 Å². The zero-order chi connectivity index (χ0) is 21.3. The highest BCUT2D eigenvalue weighted by molar-refractivity contribution is 14.0. The summed E-state index contributed by atoms with van der Waals surface area (Å²) >= 11 is 0. The molecule has 0 radical (unpaired) electrons. The van der Waals surface area contributed by atoms with Crippen molar-refractivity contribution in [2.75, 3.05) is 38.1 Å². The third-order valence-corrected chi connectivity index (χ3v) is 5.26. The monoisotopic (exact) mass is 540 g/mol. The molecule has 0 atom stereocenters. The van der Waals surface area contributed by atoms with Crippen molar-refractivity contribution < 1.29 is 9.21 Å². The number of halogens is 1. The molecule has 0 aliphatic carbocycles. The second-order valence-electron chi connectivity index (χ2n) is 7.58. The average Bonchev–Trinajstić information content (AvgIpc) is 3.19. The Kier molecular flexibility index (Phi) is 10.1. The summed E-state index contributed by atoms with van der Waals surface area (Å²) in [6.45, 7) is 7.13. The number of piperidine rings is 1. The molecule has 170 valence electrons.